The number of H-pyrrole nitrogens is 1. The SMILES string of the molecule is COCc1cccc(C(=O)O[C@@H](C)c2nc3sc(C)c(C)c3c(=O)[nH]2)c1. The number of carbonyl (C=O) groups excluding carboxylic acids is 1. The van der Waals surface area contributed by atoms with Gasteiger partial charge >= 0.3 is 5.97 Å². The summed E-state index contributed by atoms with van der Waals surface area (Å²) in [6.45, 7) is 5.96. The molecule has 1 N–H and O–H groups in total. The average molecular weight is 372 g/mol. The molecule has 0 aliphatic carbocycles. The zero-order valence-corrected chi connectivity index (χ0v) is 15.9. The van der Waals surface area contributed by atoms with E-state index >= 15 is 0 Å². The van der Waals surface area contributed by atoms with Gasteiger partial charge in [0.15, 0.2) is 11.9 Å². The Morgan fingerprint density at radius 3 is 2.85 bits per heavy atom. The molecule has 2 aromatic heterocycles. The smallest absolute Gasteiger partial charge is 0.338 e. The first-order chi connectivity index (χ1) is 12.4. The van der Waals surface area contributed by atoms with Gasteiger partial charge in [0, 0.05) is 12.0 Å². The number of thiophene rings is 1. The van der Waals surface area contributed by atoms with Crippen LogP contribution in [0.4, 0.5) is 0 Å². The van der Waals surface area contributed by atoms with Crippen LogP contribution < -0.4 is 5.56 Å². The molecule has 136 valence electrons. The third-order valence-electron chi connectivity index (χ3n) is 4.20. The third-order valence-corrected chi connectivity index (χ3v) is 5.30. The summed E-state index contributed by atoms with van der Waals surface area (Å²) in [5, 5.41) is 0.599. The van der Waals surface area contributed by atoms with Crippen molar-refractivity contribution in [3.8, 4) is 0 Å². The van der Waals surface area contributed by atoms with E-state index in [0.29, 0.717) is 28.2 Å². The van der Waals surface area contributed by atoms with E-state index < -0.39 is 12.1 Å². The molecule has 0 amide bonds. The van der Waals surface area contributed by atoms with E-state index in [9.17, 15) is 9.59 Å². The van der Waals surface area contributed by atoms with Gasteiger partial charge in [-0.1, -0.05) is 12.1 Å². The van der Waals surface area contributed by atoms with E-state index in [2.05, 4.69) is 9.97 Å². The first-order valence-electron chi connectivity index (χ1n) is 8.19. The number of rotatable bonds is 5. The number of esters is 1. The summed E-state index contributed by atoms with van der Waals surface area (Å²) in [5.74, 6) is -0.137. The molecule has 0 spiro atoms. The summed E-state index contributed by atoms with van der Waals surface area (Å²) < 4.78 is 10.6. The van der Waals surface area contributed by atoms with Crippen LogP contribution in [-0.2, 0) is 16.1 Å². The van der Waals surface area contributed by atoms with Crippen molar-refractivity contribution in [1.29, 1.82) is 0 Å². The number of hydrogen-bond acceptors (Lipinski definition) is 6. The van der Waals surface area contributed by atoms with Gasteiger partial charge in [-0.3, -0.25) is 4.79 Å². The maximum absolute atomic E-state index is 12.4. The molecule has 6 nitrogen and oxygen atoms in total. The van der Waals surface area contributed by atoms with Crippen LogP contribution in [0.3, 0.4) is 0 Å². The van der Waals surface area contributed by atoms with Crippen molar-refractivity contribution >= 4 is 27.5 Å². The maximum atomic E-state index is 12.4. The van der Waals surface area contributed by atoms with Crippen LogP contribution in [0.5, 0.6) is 0 Å². The third kappa shape index (κ3) is 3.54. The van der Waals surface area contributed by atoms with Crippen LogP contribution >= 0.6 is 11.3 Å². The van der Waals surface area contributed by atoms with Crippen LogP contribution in [0.25, 0.3) is 10.2 Å². The predicted molar refractivity (Wildman–Crippen MR) is 101 cm³/mol. The number of nitrogens with zero attached hydrogens (tertiary/aromatic N) is 1. The van der Waals surface area contributed by atoms with Crippen LogP contribution in [0, 0.1) is 13.8 Å². The maximum Gasteiger partial charge on any atom is 0.338 e. The number of nitrogens with one attached hydrogen (secondary N) is 1. The number of aromatic amines is 1. The molecule has 0 saturated carbocycles. The summed E-state index contributed by atoms with van der Waals surface area (Å²) in [6.07, 6.45) is -0.673. The molecule has 0 aliphatic heterocycles. The number of ether oxygens (including phenoxy) is 2. The van der Waals surface area contributed by atoms with Gasteiger partial charge in [-0.25, -0.2) is 9.78 Å². The first kappa shape index (κ1) is 18.3. The molecule has 7 heteroatoms. The average Bonchev–Trinajstić information content (AvgIpc) is 2.90. The summed E-state index contributed by atoms with van der Waals surface area (Å²) in [6, 6.07) is 7.06. The number of benzene rings is 1. The van der Waals surface area contributed by atoms with Crippen molar-refractivity contribution in [3.05, 3.63) is 62.0 Å². The Morgan fingerprint density at radius 2 is 2.12 bits per heavy atom. The molecular formula is C19H20N2O4S. The molecule has 1 aromatic carbocycles. The number of methoxy groups -OCH3 is 1. The van der Waals surface area contributed by atoms with Gasteiger partial charge in [0.05, 0.1) is 17.6 Å². The van der Waals surface area contributed by atoms with E-state index in [0.717, 1.165) is 16.0 Å². The van der Waals surface area contributed by atoms with E-state index in [4.69, 9.17) is 9.47 Å². The van der Waals surface area contributed by atoms with Gasteiger partial charge in [-0.2, -0.15) is 0 Å². The lowest BCUT2D eigenvalue weighted by Crippen LogP contribution is -2.17. The predicted octanol–water partition coefficient (Wildman–Crippen LogP) is 3.67. The summed E-state index contributed by atoms with van der Waals surface area (Å²) >= 11 is 1.46. The Labute approximate surface area is 154 Å². The Kier molecular flexibility index (Phi) is 5.20. The molecule has 26 heavy (non-hydrogen) atoms. The monoisotopic (exact) mass is 372 g/mol. The van der Waals surface area contributed by atoms with E-state index in [1.807, 2.05) is 19.9 Å². The summed E-state index contributed by atoms with van der Waals surface area (Å²) in [4.78, 5) is 33.7. The van der Waals surface area contributed by atoms with Crippen LogP contribution in [0.1, 0.15) is 45.2 Å². The van der Waals surface area contributed by atoms with Crippen molar-refractivity contribution in [1.82, 2.24) is 9.97 Å². The van der Waals surface area contributed by atoms with Gasteiger partial charge < -0.3 is 14.5 Å². The number of aryl methyl sites for hydroxylation is 2. The Hall–Kier alpha value is -2.51. The zero-order valence-electron chi connectivity index (χ0n) is 15.1. The topological polar surface area (TPSA) is 81.3 Å². The fourth-order valence-electron chi connectivity index (χ4n) is 2.70. The molecule has 3 aromatic rings. The van der Waals surface area contributed by atoms with Crippen molar-refractivity contribution in [2.45, 2.75) is 33.5 Å². The molecule has 0 unspecified atom stereocenters. The van der Waals surface area contributed by atoms with Crippen LogP contribution in [-0.4, -0.2) is 23.0 Å². The number of fused-ring (bicyclic) bond motifs is 1. The normalized spacial score (nSPS) is 12.3. The molecule has 1 atom stereocenters. The highest BCUT2D eigenvalue weighted by Crippen LogP contribution is 2.27. The first-order valence-corrected chi connectivity index (χ1v) is 9.01. The highest BCUT2D eigenvalue weighted by molar-refractivity contribution is 7.18. The van der Waals surface area contributed by atoms with Gasteiger partial charge in [0.25, 0.3) is 5.56 Å². The fourth-order valence-corrected chi connectivity index (χ4v) is 3.74. The molecule has 0 saturated heterocycles. The van der Waals surface area contributed by atoms with E-state index in [-0.39, 0.29) is 5.56 Å². The van der Waals surface area contributed by atoms with Gasteiger partial charge in [0.1, 0.15) is 4.83 Å². The lowest BCUT2D eigenvalue weighted by molar-refractivity contribution is 0.0319. The van der Waals surface area contributed by atoms with Crippen molar-refractivity contribution in [2.75, 3.05) is 7.11 Å². The number of hydrogen-bond donors (Lipinski definition) is 1. The second-order valence-electron chi connectivity index (χ2n) is 6.10. The molecular weight excluding hydrogens is 352 g/mol. The lowest BCUT2D eigenvalue weighted by atomic mass is 10.1. The van der Waals surface area contributed by atoms with Crippen molar-refractivity contribution in [3.63, 3.8) is 0 Å². The second-order valence-corrected chi connectivity index (χ2v) is 7.30. The molecule has 0 radical (unpaired) electrons. The fraction of sp³-hybridized carbons (Fsp3) is 0.316. The second kappa shape index (κ2) is 7.39. The van der Waals surface area contributed by atoms with Crippen LogP contribution in [0.15, 0.2) is 29.1 Å². The Bertz CT molecular complexity index is 1020. The minimum Gasteiger partial charge on any atom is -0.451 e. The Balaban J connectivity index is 1.84. The van der Waals surface area contributed by atoms with Gasteiger partial charge in [-0.05, 0) is 44.0 Å². The highest BCUT2D eigenvalue weighted by Gasteiger charge is 2.19. The minimum atomic E-state index is -0.673. The van der Waals surface area contributed by atoms with E-state index in [1.54, 1.807) is 32.2 Å². The molecule has 0 fully saturated rings. The minimum absolute atomic E-state index is 0.211. The molecule has 3 rings (SSSR count). The van der Waals surface area contributed by atoms with E-state index in [1.165, 1.54) is 11.3 Å². The molecule has 0 aliphatic rings. The standard InChI is InChI=1S/C19H20N2O4S/c1-10-12(3)26-18-15(10)17(22)20-16(21-18)11(2)25-19(23)14-7-5-6-13(8-14)9-24-4/h5-8,11H,9H2,1-4H3,(H,20,21,22)/t11-/m0/s1. The molecule has 0 bridgehead atoms. The zero-order chi connectivity index (χ0) is 18.8. The summed E-state index contributed by atoms with van der Waals surface area (Å²) in [5.41, 5.74) is 2.03. The molecule has 2 heterocycles. The highest BCUT2D eigenvalue weighted by atomic mass is 32.1. The van der Waals surface area contributed by atoms with Gasteiger partial charge in [0.2, 0.25) is 0 Å². The lowest BCUT2D eigenvalue weighted by Gasteiger charge is -2.13. The number of aromatic nitrogens is 2. The largest absolute Gasteiger partial charge is 0.451 e. The van der Waals surface area contributed by atoms with Gasteiger partial charge in [-0.15, -0.1) is 11.3 Å². The van der Waals surface area contributed by atoms with Crippen LogP contribution in [0.2, 0.25) is 0 Å². The van der Waals surface area contributed by atoms with Crippen molar-refractivity contribution < 1.29 is 14.3 Å². The van der Waals surface area contributed by atoms with Crippen molar-refractivity contribution in [2.24, 2.45) is 0 Å². The quantitative estimate of drug-likeness (QED) is 0.691. The summed E-state index contributed by atoms with van der Waals surface area (Å²) in [7, 11) is 1.60. The Morgan fingerprint density at radius 1 is 1.35 bits per heavy atom. The number of carbonyl (C=O) groups is 1.